The number of hydrogen-bond acceptors (Lipinski definition) is 5. The Balaban J connectivity index is 2.15. The van der Waals surface area contributed by atoms with Crippen LogP contribution in [-0.4, -0.2) is 26.1 Å². The molecule has 2 aromatic heterocycles. The zero-order chi connectivity index (χ0) is 10.7. The summed E-state index contributed by atoms with van der Waals surface area (Å²) in [6, 6.07) is 0. The van der Waals surface area contributed by atoms with Crippen LogP contribution in [0.4, 0.5) is 11.5 Å². The van der Waals surface area contributed by atoms with Crippen LogP contribution >= 0.6 is 0 Å². The first-order chi connectivity index (χ1) is 7.27. The Labute approximate surface area is 84.7 Å². The third kappa shape index (κ3) is 1.90. The van der Waals surface area contributed by atoms with Crippen molar-refractivity contribution in [2.75, 3.05) is 11.1 Å². The number of hydrogen-bond donors (Lipinski definition) is 3. The van der Waals surface area contributed by atoms with Crippen molar-refractivity contribution >= 4 is 17.4 Å². The molecule has 0 aromatic carbocycles. The maximum absolute atomic E-state index is 11.6. The van der Waals surface area contributed by atoms with Crippen molar-refractivity contribution < 1.29 is 4.79 Å². The number of aromatic nitrogens is 4. The van der Waals surface area contributed by atoms with E-state index in [1.54, 1.807) is 0 Å². The van der Waals surface area contributed by atoms with Gasteiger partial charge in [-0.25, -0.2) is 4.98 Å². The van der Waals surface area contributed by atoms with E-state index in [0.717, 1.165) is 0 Å². The van der Waals surface area contributed by atoms with Gasteiger partial charge in [0.1, 0.15) is 5.69 Å². The first-order valence-corrected chi connectivity index (χ1v) is 4.13. The van der Waals surface area contributed by atoms with E-state index in [2.05, 4.69) is 25.5 Å². The molecular weight excluding hydrogens is 196 g/mol. The molecule has 0 saturated carbocycles. The Kier molecular flexibility index (Phi) is 2.28. The van der Waals surface area contributed by atoms with Crippen molar-refractivity contribution in [2.45, 2.75) is 0 Å². The summed E-state index contributed by atoms with van der Waals surface area (Å²) in [5.74, 6) is -0.0398. The molecule has 2 heterocycles. The molecule has 0 spiro atoms. The van der Waals surface area contributed by atoms with Crippen LogP contribution in [-0.2, 0) is 0 Å². The molecule has 0 unspecified atom stereocenters. The molecule has 2 aromatic rings. The highest BCUT2D eigenvalue weighted by Gasteiger charge is 2.11. The van der Waals surface area contributed by atoms with Gasteiger partial charge in [-0.05, 0) is 0 Å². The smallest absolute Gasteiger partial charge is 0.277 e. The number of nitrogens with one attached hydrogen (secondary N) is 2. The Morgan fingerprint density at radius 1 is 1.40 bits per heavy atom. The minimum absolute atomic E-state index is 0.209. The maximum Gasteiger partial charge on any atom is 0.277 e. The lowest BCUT2D eigenvalue weighted by Gasteiger charge is -2.01. The number of rotatable bonds is 2. The van der Waals surface area contributed by atoms with Gasteiger partial charge in [0.25, 0.3) is 5.91 Å². The van der Waals surface area contributed by atoms with Crippen molar-refractivity contribution in [1.82, 2.24) is 20.2 Å². The molecule has 0 aliphatic rings. The number of amides is 1. The van der Waals surface area contributed by atoms with Gasteiger partial charge in [-0.3, -0.25) is 14.9 Å². The zero-order valence-electron chi connectivity index (χ0n) is 7.64. The van der Waals surface area contributed by atoms with Crippen molar-refractivity contribution in [3.05, 3.63) is 30.5 Å². The zero-order valence-corrected chi connectivity index (χ0v) is 7.64. The summed E-state index contributed by atoms with van der Waals surface area (Å²) in [6.07, 6.45) is 5.79. The molecule has 0 fully saturated rings. The van der Waals surface area contributed by atoms with Gasteiger partial charge in [0.2, 0.25) is 0 Å². The predicted octanol–water partition coefficient (Wildman–Crippen LogP) is 0.0342. The van der Waals surface area contributed by atoms with Crippen molar-refractivity contribution in [1.29, 1.82) is 0 Å². The summed E-state index contributed by atoms with van der Waals surface area (Å²) >= 11 is 0. The molecular formula is C8H8N6O. The lowest BCUT2D eigenvalue weighted by atomic mass is 10.3. The monoisotopic (exact) mass is 204 g/mol. The fraction of sp³-hybridized carbons (Fsp3) is 0. The van der Waals surface area contributed by atoms with Gasteiger partial charge in [0, 0.05) is 12.4 Å². The minimum Gasteiger partial charge on any atom is -0.396 e. The summed E-state index contributed by atoms with van der Waals surface area (Å²) < 4.78 is 0. The number of nitrogens with two attached hydrogens (primary N) is 1. The van der Waals surface area contributed by atoms with Gasteiger partial charge < -0.3 is 11.1 Å². The number of H-pyrrole nitrogens is 1. The fourth-order valence-corrected chi connectivity index (χ4v) is 1.02. The van der Waals surface area contributed by atoms with Crippen LogP contribution in [0.2, 0.25) is 0 Å². The molecule has 0 atom stereocenters. The Hall–Kier alpha value is -2.44. The molecule has 1 amide bonds. The Morgan fingerprint density at radius 3 is 2.87 bits per heavy atom. The van der Waals surface area contributed by atoms with Crippen LogP contribution in [0.25, 0.3) is 0 Å². The lowest BCUT2D eigenvalue weighted by Crippen LogP contribution is -2.15. The number of nitrogens with zero attached hydrogens (tertiary/aromatic N) is 3. The number of aromatic amines is 1. The molecule has 15 heavy (non-hydrogen) atoms. The van der Waals surface area contributed by atoms with E-state index in [1.165, 1.54) is 24.8 Å². The quantitative estimate of drug-likeness (QED) is 0.639. The van der Waals surface area contributed by atoms with Gasteiger partial charge in [0.05, 0.1) is 18.1 Å². The van der Waals surface area contributed by atoms with Crippen molar-refractivity contribution in [3.8, 4) is 0 Å². The Bertz CT molecular complexity index is 465. The van der Waals surface area contributed by atoms with E-state index in [0.29, 0.717) is 5.82 Å². The van der Waals surface area contributed by atoms with Gasteiger partial charge >= 0.3 is 0 Å². The topological polar surface area (TPSA) is 110 Å². The van der Waals surface area contributed by atoms with E-state index in [-0.39, 0.29) is 11.4 Å². The first-order valence-electron chi connectivity index (χ1n) is 4.13. The molecule has 7 heteroatoms. The van der Waals surface area contributed by atoms with Gasteiger partial charge in [0.15, 0.2) is 5.82 Å². The SMILES string of the molecule is Nc1cn[nH]c1C(=O)Nc1cnccn1. The van der Waals surface area contributed by atoms with E-state index in [9.17, 15) is 4.79 Å². The molecule has 7 nitrogen and oxygen atoms in total. The van der Waals surface area contributed by atoms with E-state index in [1.807, 2.05) is 0 Å². The van der Waals surface area contributed by atoms with Gasteiger partial charge in [-0.2, -0.15) is 5.10 Å². The molecule has 0 aliphatic heterocycles. The number of anilines is 2. The summed E-state index contributed by atoms with van der Waals surface area (Å²) in [7, 11) is 0. The van der Waals surface area contributed by atoms with Crippen LogP contribution in [0, 0.1) is 0 Å². The second kappa shape index (κ2) is 3.74. The van der Waals surface area contributed by atoms with Crippen LogP contribution < -0.4 is 11.1 Å². The third-order valence-corrected chi connectivity index (χ3v) is 1.70. The summed E-state index contributed by atoms with van der Waals surface area (Å²) in [5.41, 5.74) is 6.00. The molecule has 0 bridgehead atoms. The summed E-state index contributed by atoms with van der Waals surface area (Å²) in [5, 5.41) is 8.65. The third-order valence-electron chi connectivity index (χ3n) is 1.70. The fourth-order valence-electron chi connectivity index (χ4n) is 1.02. The van der Waals surface area contributed by atoms with Crippen LogP contribution in [0.5, 0.6) is 0 Å². The second-order valence-electron chi connectivity index (χ2n) is 2.75. The highest BCUT2D eigenvalue weighted by molar-refractivity contribution is 6.05. The number of carbonyl (C=O) groups is 1. The normalized spacial score (nSPS) is 9.87. The van der Waals surface area contributed by atoms with Crippen LogP contribution in [0.15, 0.2) is 24.8 Å². The van der Waals surface area contributed by atoms with Crippen molar-refractivity contribution in [2.24, 2.45) is 0 Å². The van der Waals surface area contributed by atoms with E-state index in [4.69, 9.17) is 5.73 Å². The number of nitrogen functional groups attached to an aromatic ring is 1. The maximum atomic E-state index is 11.6. The minimum atomic E-state index is -0.398. The molecule has 0 aliphatic carbocycles. The molecule has 4 N–H and O–H groups in total. The van der Waals surface area contributed by atoms with E-state index < -0.39 is 5.91 Å². The van der Waals surface area contributed by atoms with Crippen molar-refractivity contribution in [3.63, 3.8) is 0 Å². The van der Waals surface area contributed by atoms with Crippen LogP contribution in [0.3, 0.4) is 0 Å². The van der Waals surface area contributed by atoms with Crippen LogP contribution in [0.1, 0.15) is 10.5 Å². The lowest BCUT2D eigenvalue weighted by molar-refractivity contribution is 0.102. The average molecular weight is 204 g/mol. The number of carbonyl (C=O) groups excluding carboxylic acids is 1. The standard InChI is InChI=1S/C8H8N6O/c9-5-3-12-14-7(5)8(15)13-6-4-10-1-2-11-6/h1-4H,9H2,(H,12,14)(H,11,13,15). The average Bonchev–Trinajstić information content (AvgIpc) is 2.66. The summed E-state index contributed by atoms with van der Waals surface area (Å²) in [6.45, 7) is 0. The predicted molar refractivity (Wildman–Crippen MR) is 53.0 cm³/mol. The molecule has 0 saturated heterocycles. The summed E-state index contributed by atoms with van der Waals surface area (Å²) in [4.78, 5) is 19.3. The first kappa shape index (κ1) is 9.13. The highest BCUT2D eigenvalue weighted by Crippen LogP contribution is 2.08. The largest absolute Gasteiger partial charge is 0.396 e. The van der Waals surface area contributed by atoms with Gasteiger partial charge in [-0.15, -0.1) is 0 Å². The highest BCUT2D eigenvalue weighted by atomic mass is 16.2. The van der Waals surface area contributed by atoms with Gasteiger partial charge in [-0.1, -0.05) is 0 Å². The molecule has 76 valence electrons. The molecule has 2 rings (SSSR count). The Morgan fingerprint density at radius 2 is 2.27 bits per heavy atom. The van der Waals surface area contributed by atoms with E-state index >= 15 is 0 Å². The molecule has 0 radical (unpaired) electrons. The second-order valence-corrected chi connectivity index (χ2v) is 2.75.